The van der Waals surface area contributed by atoms with Gasteiger partial charge in [-0.2, -0.15) is 0 Å². The van der Waals surface area contributed by atoms with Crippen LogP contribution in [-0.2, 0) is 6.42 Å². The summed E-state index contributed by atoms with van der Waals surface area (Å²) in [6, 6.07) is -0.561. The van der Waals surface area contributed by atoms with Crippen LogP contribution in [0.15, 0.2) is 23.3 Å². The maximum absolute atomic E-state index is 10.8. The number of H-pyrrole nitrogens is 1. The van der Waals surface area contributed by atoms with Crippen molar-refractivity contribution in [1.29, 1.82) is 0 Å². The van der Waals surface area contributed by atoms with Crippen molar-refractivity contribution in [3.05, 3.63) is 36.1 Å². The summed E-state index contributed by atoms with van der Waals surface area (Å²) in [5.41, 5.74) is 6.48. The van der Waals surface area contributed by atoms with E-state index in [2.05, 4.69) is 15.0 Å². The van der Waals surface area contributed by atoms with Crippen LogP contribution in [0, 0.1) is 0 Å². The molecule has 0 aliphatic rings. The van der Waals surface area contributed by atoms with Crippen molar-refractivity contribution >= 4 is 5.97 Å². The second kappa shape index (κ2) is 4.15. The molecule has 0 bridgehead atoms. The Hall–Kier alpha value is -2.15. The zero-order chi connectivity index (χ0) is 11.5. The standard InChI is InChI=1S/C9H10N4O3/c10-6(1-5-2-11-3-12-5)8-7(9(14)15)13-4-16-8/h2-4,6H,1,10H2,(H,11,12)(H,14,15)/t6-/m0/s1. The number of rotatable bonds is 4. The molecule has 0 saturated heterocycles. The second-order valence-corrected chi connectivity index (χ2v) is 3.26. The summed E-state index contributed by atoms with van der Waals surface area (Å²) in [5, 5.41) is 8.83. The number of imidazole rings is 1. The van der Waals surface area contributed by atoms with E-state index in [0.717, 1.165) is 12.1 Å². The Kier molecular flexibility index (Phi) is 2.69. The van der Waals surface area contributed by atoms with E-state index in [1.807, 2.05) is 0 Å². The van der Waals surface area contributed by atoms with Crippen molar-refractivity contribution in [2.75, 3.05) is 0 Å². The molecule has 0 radical (unpaired) electrons. The van der Waals surface area contributed by atoms with Crippen LogP contribution < -0.4 is 5.73 Å². The molecule has 0 fully saturated rings. The predicted molar refractivity (Wildman–Crippen MR) is 52.7 cm³/mol. The largest absolute Gasteiger partial charge is 0.476 e. The lowest BCUT2D eigenvalue weighted by atomic mass is 10.1. The first-order chi connectivity index (χ1) is 7.68. The number of nitrogens with two attached hydrogens (primary N) is 1. The van der Waals surface area contributed by atoms with Gasteiger partial charge in [-0.25, -0.2) is 14.8 Å². The predicted octanol–water partition coefficient (Wildman–Crippen LogP) is 0.338. The van der Waals surface area contributed by atoms with Gasteiger partial charge in [0.2, 0.25) is 0 Å². The number of nitrogens with one attached hydrogen (secondary N) is 1. The summed E-state index contributed by atoms with van der Waals surface area (Å²) in [5.74, 6) is -0.981. The molecule has 0 amide bonds. The van der Waals surface area contributed by atoms with Crippen LogP contribution in [0.3, 0.4) is 0 Å². The summed E-state index contributed by atoms with van der Waals surface area (Å²) in [7, 11) is 0. The number of aromatic nitrogens is 3. The SMILES string of the molecule is N[C@@H](Cc1cnc[nH]1)c1ocnc1C(=O)O. The van der Waals surface area contributed by atoms with Crippen LogP contribution in [0.1, 0.15) is 28.0 Å². The van der Waals surface area contributed by atoms with E-state index in [1.165, 1.54) is 6.33 Å². The molecule has 2 heterocycles. The highest BCUT2D eigenvalue weighted by Gasteiger charge is 2.21. The molecule has 7 heteroatoms. The van der Waals surface area contributed by atoms with E-state index < -0.39 is 12.0 Å². The van der Waals surface area contributed by atoms with E-state index in [0.29, 0.717) is 6.42 Å². The van der Waals surface area contributed by atoms with E-state index in [9.17, 15) is 4.79 Å². The normalized spacial score (nSPS) is 12.6. The molecule has 0 unspecified atom stereocenters. The van der Waals surface area contributed by atoms with Gasteiger partial charge in [0, 0.05) is 18.3 Å². The van der Waals surface area contributed by atoms with Crippen molar-refractivity contribution in [3.63, 3.8) is 0 Å². The summed E-state index contributed by atoms with van der Waals surface area (Å²) < 4.78 is 4.99. The smallest absolute Gasteiger partial charge is 0.358 e. The maximum Gasteiger partial charge on any atom is 0.358 e. The van der Waals surface area contributed by atoms with Crippen LogP contribution in [0.4, 0.5) is 0 Å². The monoisotopic (exact) mass is 222 g/mol. The van der Waals surface area contributed by atoms with Gasteiger partial charge in [-0.3, -0.25) is 0 Å². The number of carboxylic acids is 1. The number of carboxylic acid groups (broad SMARTS) is 1. The lowest BCUT2D eigenvalue weighted by Gasteiger charge is -2.07. The minimum absolute atomic E-state index is 0.146. The van der Waals surface area contributed by atoms with E-state index in [1.54, 1.807) is 6.20 Å². The minimum Gasteiger partial charge on any atom is -0.476 e. The van der Waals surface area contributed by atoms with Gasteiger partial charge in [-0.1, -0.05) is 0 Å². The summed E-state index contributed by atoms with van der Waals surface area (Å²) in [6.07, 6.45) is 4.64. The average Bonchev–Trinajstić information content (AvgIpc) is 2.86. The van der Waals surface area contributed by atoms with Gasteiger partial charge in [0.15, 0.2) is 17.8 Å². The fraction of sp³-hybridized carbons (Fsp3) is 0.222. The molecule has 0 spiro atoms. The minimum atomic E-state index is -1.15. The van der Waals surface area contributed by atoms with E-state index in [4.69, 9.17) is 15.3 Å². The molecule has 0 saturated carbocycles. The van der Waals surface area contributed by atoms with Crippen molar-refractivity contribution < 1.29 is 14.3 Å². The van der Waals surface area contributed by atoms with E-state index in [-0.39, 0.29) is 11.5 Å². The molecule has 0 aromatic carbocycles. The molecular weight excluding hydrogens is 212 g/mol. The van der Waals surface area contributed by atoms with Gasteiger partial charge in [0.05, 0.1) is 12.4 Å². The first kappa shape index (κ1) is 10.4. The van der Waals surface area contributed by atoms with Gasteiger partial charge >= 0.3 is 5.97 Å². The third-order valence-corrected chi connectivity index (χ3v) is 2.13. The Labute approximate surface area is 90.3 Å². The van der Waals surface area contributed by atoms with Gasteiger partial charge in [-0.05, 0) is 0 Å². The van der Waals surface area contributed by atoms with Crippen molar-refractivity contribution in [3.8, 4) is 0 Å². The lowest BCUT2D eigenvalue weighted by Crippen LogP contribution is -2.16. The Bertz CT molecular complexity index is 477. The molecular formula is C9H10N4O3. The van der Waals surface area contributed by atoms with Crippen molar-refractivity contribution in [2.24, 2.45) is 5.73 Å². The second-order valence-electron chi connectivity index (χ2n) is 3.26. The number of carbonyl (C=O) groups is 1. The molecule has 0 aliphatic carbocycles. The van der Waals surface area contributed by atoms with Gasteiger partial charge in [0.25, 0.3) is 0 Å². The number of nitrogens with zero attached hydrogens (tertiary/aromatic N) is 2. The Balaban J connectivity index is 2.17. The number of aromatic amines is 1. The highest BCUT2D eigenvalue weighted by atomic mass is 16.4. The summed E-state index contributed by atoms with van der Waals surface area (Å²) >= 11 is 0. The molecule has 4 N–H and O–H groups in total. The summed E-state index contributed by atoms with van der Waals surface area (Å²) in [4.78, 5) is 21.1. The Morgan fingerprint density at radius 1 is 1.69 bits per heavy atom. The number of hydrogen-bond acceptors (Lipinski definition) is 5. The van der Waals surface area contributed by atoms with Crippen LogP contribution in [-0.4, -0.2) is 26.0 Å². The fourth-order valence-electron chi connectivity index (χ4n) is 1.40. The van der Waals surface area contributed by atoms with Gasteiger partial charge in [0.1, 0.15) is 0 Å². The van der Waals surface area contributed by atoms with Crippen molar-refractivity contribution in [2.45, 2.75) is 12.5 Å². The van der Waals surface area contributed by atoms with Crippen LogP contribution >= 0.6 is 0 Å². The zero-order valence-electron chi connectivity index (χ0n) is 8.25. The zero-order valence-corrected chi connectivity index (χ0v) is 8.25. The molecule has 0 aliphatic heterocycles. The highest BCUT2D eigenvalue weighted by molar-refractivity contribution is 5.86. The van der Waals surface area contributed by atoms with Crippen molar-refractivity contribution in [1.82, 2.24) is 15.0 Å². The van der Waals surface area contributed by atoms with E-state index >= 15 is 0 Å². The molecule has 84 valence electrons. The first-order valence-corrected chi connectivity index (χ1v) is 4.58. The van der Waals surface area contributed by atoms with Gasteiger partial charge < -0.3 is 20.2 Å². The molecule has 7 nitrogen and oxygen atoms in total. The lowest BCUT2D eigenvalue weighted by molar-refractivity contribution is 0.0688. The molecule has 1 atom stereocenters. The third-order valence-electron chi connectivity index (χ3n) is 2.13. The molecule has 16 heavy (non-hydrogen) atoms. The summed E-state index contributed by atoms with van der Waals surface area (Å²) in [6.45, 7) is 0. The molecule has 2 aromatic heterocycles. The van der Waals surface area contributed by atoms with Crippen LogP contribution in [0.25, 0.3) is 0 Å². The molecule has 2 aromatic rings. The first-order valence-electron chi connectivity index (χ1n) is 4.58. The highest BCUT2D eigenvalue weighted by Crippen LogP contribution is 2.18. The topological polar surface area (TPSA) is 118 Å². The number of hydrogen-bond donors (Lipinski definition) is 3. The Morgan fingerprint density at radius 2 is 2.50 bits per heavy atom. The van der Waals surface area contributed by atoms with Gasteiger partial charge in [-0.15, -0.1) is 0 Å². The Morgan fingerprint density at radius 3 is 3.12 bits per heavy atom. The fourth-order valence-corrected chi connectivity index (χ4v) is 1.40. The van der Waals surface area contributed by atoms with Crippen LogP contribution in [0.5, 0.6) is 0 Å². The third kappa shape index (κ3) is 1.94. The average molecular weight is 222 g/mol. The maximum atomic E-state index is 10.8. The quantitative estimate of drug-likeness (QED) is 0.686. The van der Waals surface area contributed by atoms with Crippen LogP contribution in [0.2, 0.25) is 0 Å². The number of aromatic carboxylic acids is 1. The molecule has 2 rings (SSSR count). The number of oxazole rings is 1.